The van der Waals surface area contributed by atoms with E-state index in [1.54, 1.807) is 0 Å². The lowest BCUT2D eigenvalue weighted by Crippen LogP contribution is -2.48. The molecule has 0 atom stereocenters. The van der Waals surface area contributed by atoms with Crippen LogP contribution in [0.15, 0.2) is 17.6 Å². The zero-order chi connectivity index (χ0) is 18.0. The van der Waals surface area contributed by atoms with Gasteiger partial charge in [-0.3, -0.25) is 14.8 Å². The molecule has 0 aliphatic carbocycles. The Morgan fingerprint density at radius 1 is 1.36 bits per heavy atom. The fourth-order valence-corrected chi connectivity index (χ4v) is 2.67. The van der Waals surface area contributed by atoms with Crippen LogP contribution < -0.4 is 10.6 Å². The maximum atomic E-state index is 12.3. The van der Waals surface area contributed by atoms with E-state index in [0.717, 1.165) is 39.0 Å². The fourth-order valence-electron chi connectivity index (χ4n) is 2.67. The summed E-state index contributed by atoms with van der Waals surface area (Å²) in [6.45, 7) is 9.08. The number of hydrogen-bond acceptors (Lipinski definition) is 3. The number of alkyl halides is 3. The fraction of sp³-hybridized carbons (Fsp3) is 0.812. The van der Waals surface area contributed by atoms with Crippen molar-refractivity contribution in [2.45, 2.75) is 32.0 Å². The average Bonchev–Trinajstić information content (AvgIpc) is 2.48. The number of likely N-dealkylation sites (N-methyl/N-ethyl adjacent to an activating group) is 1. The third kappa shape index (κ3) is 11.6. The summed E-state index contributed by atoms with van der Waals surface area (Å²) in [7, 11) is 1.46. The Hall–Kier alpha value is -0.550. The summed E-state index contributed by atoms with van der Waals surface area (Å²) in [6.07, 6.45) is -0.212. The number of piperidine rings is 1. The van der Waals surface area contributed by atoms with E-state index in [1.165, 1.54) is 11.9 Å². The van der Waals surface area contributed by atoms with Gasteiger partial charge in [0.2, 0.25) is 0 Å². The Morgan fingerprint density at radius 3 is 2.52 bits per heavy atom. The summed E-state index contributed by atoms with van der Waals surface area (Å²) >= 11 is 0. The van der Waals surface area contributed by atoms with Crippen LogP contribution in [0.25, 0.3) is 0 Å². The normalized spacial score (nSPS) is 17.3. The number of aliphatic imine (C=N–C) groups is 1. The van der Waals surface area contributed by atoms with Gasteiger partial charge in [-0.15, -0.1) is 30.6 Å². The van der Waals surface area contributed by atoms with Gasteiger partial charge in [-0.2, -0.15) is 13.2 Å². The molecule has 9 heteroatoms. The van der Waals surface area contributed by atoms with Crippen molar-refractivity contribution in [3.05, 3.63) is 12.7 Å². The van der Waals surface area contributed by atoms with Crippen molar-refractivity contribution >= 4 is 29.9 Å². The standard InChI is InChI=1S/C16H30F3N5.HI/c1-4-9-24-10-6-14(7-11-24)22-15(20-5-2)21-8-12-23(3)13-16(17,18)19;/h4,14H,1,5-13H2,2-3H3,(H2,20,21,22);1H. The van der Waals surface area contributed by atoms with Crippen LogP contribution in [0.2, 0.25) is 0 Å². The highest BCUT2D eigenvalue weighted by Crippen LogP contribution is 2.15. The van der Waals surface area contributed by atoms with Crippen LogP contribution in [0.5, 0.6) is 0 Å². The topological polar surface area (TPSA) is 42.9 Å². The lowest BCUT2D eigenvalue weighted by Gasteiger charge is -2.32. The quantitative estimate of drug-likeness (QED) is 0.244. The van der Waals surface area contributed by atoms with E-state index in [-0.39, 0.29) is 30.5 Å². The Bertz CT molecular complexity index is 396. The van der Waals surface area contributed by atoms with E-state index in [4.69, 9.17) is 0 Å². The van der Waals surface area contributed by atoms with E-state index in [1.807, 2.05) is 13.0 Å². The molecule has 5 nitrogen and oxygen atoms in total. The van der Waals surface area contributed by atoms with Gasteiger partial charge in [0.15, 0.2) is 5.96 Å². The van der Waals surface area contributed by atoms with Crippen molar-refractivity contribution < 1.29 is 13.2 Å². The van der Waals surface area contributed by atoms with Crippen molar-refractivity contribution in [1.82, 2.24) is 20.4 Å². The van der Waals surface area contributed by atoms with Crippen molar-refractivity contribution in [2.24, 2.45) is 4.99 Å². The Balaban J connectivity index is 0.00000576. The molecule has 0 radical (unpaired) electrons. The molecule has 0 bridgehead atoms. The van der Waals surface area contributed by atoms with E-state index in [0.29, 0.717) is 18.5 Å². The van der Waals surface area contributed by atoms with Gasteiger partial charge in [0.25, 0.3) is 0 Å². The highest BCUT2D eigenvalue weighted by atomic mass is 127. The molecule has 25 heavy (non-hydrogen) atoms. The SMILES string of the molecule is C=CCN1CCC(NC(=NCCN(C)CC(F)(F)F)NCC)CC1.I. The second kappa shape index (κ2) is 12.7. The minimum absolute atomic E-state index is 0. The minimum atomic E-state index is -4.17. The summed E-state index contributed by atoms with van der Waals surface area (Å²) in [6, 6.07) is 0.344. The number of nitrogens with one attached hydrogen (secondary N) is 2. The Kier molecular flexibility index (Phi) is 12.5. The first-order valence-electron chi connectivity index (χ1n) is 8.47. The number of nitrogens with zero attached hydrogens (tertiary/aromatic N) is 3. The number of hydrogen-bond donors (Lipinski definition) is 2. The molecule has 0 aromatic heterocycles. The first-order chi connectivity index (χ1) is 11.3. The lowest BCUT2D eigenvalue weighted by atomic mass is 10.1. The molecule has 0 saturated carbocycles. The molecule has 0 unspecified atom stereocenters. The highest BCUT2D eigenvalue weighted by Gasteiger charge is 2.28. The highest BCUT2D eigenvalue weighted by molar-refractivity contribution is 14.0. The summed E-state index contributed by atoms with van der Waals surface area (Å²) in [5.74, 6) is 0.681. The Morgan fingerprint density at radius 2 is 2.00 bits per heavy atom. The van der Waals surface area contributed by atoms with Crippen LogP contribution in [0, 0.1) is 0 Å². The monoisotopic (exact) mass is 477 g/mol. The van der Waals surface area contributed by atoms with Crippen LogP contribution >= 0.6 is 24.0 Å². The van der Waals surface area contributed by atoms with E-state index >= 15 is 0 Å². The van der Waals surface area contributed by atoms with Crippen molar-refractivity contribution in [2.75, 3.05) is 52.9 Å². The van der Waals surface area contributed by atoms with Gasteiger partial charge in [-0.25, -0.2) is 0 Å². The van der Waals surface area contributed by atoms with Crippen molar-refractivity contribution in [3.8, 4) is 0 Å². The number of likely N-dealkylation sites (tertiary alicyclic amines) is 1. The van der Waals surface area contributed by atoms with E-state index in [2.05, 4.69) is 27.1 Å². The van der Waals surface area contributed by atoms with Crippen LogP contribution in [-0.2, 0) is 0 Å². The van der Waals surface area contributed by atoms with Gasteiger partial charge in [0.05, 0.1) is 13.1 Å². The second-order valence-electron chi connectivity index (χ2n) is 6.12. The van der Waals surface area contributed by atoms with Gasteiger partial charge >= 0.3 is 6.18 Å². The van der Waals surface area contributed by atoms with Crippen LogP contribution in [0.1, 0.15) is 19.8 Å². The molecule has 0 aromatic rings. The molecular weight excluding hydrogens is 446 g/mol. The van der Waals surface area contributed by atoms with Crippen LogP contribution in [0.4, 0.5) is 13.2 Å². The van der Waals surface area contributed by atoms with Gasteiger partial charge < -0.3 is 10.6 Å². The second-order valence-corrected chi connectivity index (χ2v) is 6.12. The van der Waals surface area contributed by atoms with Gasteiger partial charge in [0, 0.05) is 38.8 Å². The third-order valence-corrected chi connectivity index (χ3v) is 3.86. The molecule has 1 aliphatic rings. The summed E-state index contributed by atoms with van der Waals surface area (Å²) in [5, 5.41) is 6.54. The largest absolute Gasteiger partial charge is 0.401 e. The first kappa shape index (κ1) is 24.5. The molecule has 1 heterocycles. The van der Waals surface area contributed by atoms with Crippen molar-refractivity contribution in [3.63, 3.8) is 0 Å². The molecule has 1 fully saturated rings. The molecular formula is C16H31F3IN5. The van der Waals surface area contributed by atoms with Crippen molar-refractivity contribution in [1.29, 1.82) is 0 Å². The lowest BCUT2D eigenvalue weighted by molar-refractivity contribution is -0.142. The predicted octanol–water partition coefficient (Wildman–Crippen LogP) is 2.30. The summed E-state index contributed by atoms with van der Waals surface area (Å²) in [4.78, 5) is 7.97. The minimum Gasteiger partial charge on any atom is -0.357 e. The predicted molar refractivity (Wildman–Crippen MR) is 108 cm³/mol. The zero-order valence-corrected chi connectivity index (χ0v) is 17.4. The Labute approximate surface area is 166 Å². The average molecular weight is 477 g/mol. The first-order valence-corrected chi connectivity index (χ1v) is 8.47. The molecule has 2 N–H and O–H groups in total. The van der Waals surface area contributed by atoms with E-state index < -0.39 is 12.7 Å². The van der Waals surface area contributed by atoms with Crippen LogP contribution in [0.3, 0.4) is 0 Å². The van der Waals surface area contributed by atoms with E-state index in [9.17, 15) is 13.2 Å². The third-order valence-electron chi connectivity index (χ3n) is 3.86. The summed E-state index contributed by atoms with van der Waals surface area (Å²) in [5.41, 5.74) is 0. The smallest absolute Gasteiger partial charge is 0.357 e. The number of guanidine groups is 1. The number of rotatable bonds is 8. The number of halogens is 4. The molecule has 0 amide bonds. The van der Waals surface area contributed by atoms with Gasteiger partial charge in [0.1, 0.15) is 0 Å². The molecule has 1 aliphatic heterocycles. The molecule has 0 spiro atoms. The molecule has 148 valence electrons. The molecule has 1 saturated heterocycles. The maximum Gasteiger partial charge on any atom is 0.401 e. The van der Waals surface area contributed by atoms with Gasteiger partial charge in [-0.05, 0) is 26.8 Å². The zero-order valence-electron chi connectivity index (χ0n) is 15.1. The maximum absolute atomic E-state index is 12.3. The summed E-state index contributed by atoms with van der Waals surface area (Å²) < 4.78 is 36.9. The molecule has 0 aromatic carbocycles. The van der Waals surface area contributed by atoms with Crippen LogP contribution in [-0.4, -0.2) is 80.8 Å². The molecule has 1 rings (SSSR count). The van der Waals surface area contributed by atoms with Gasteiger partial charge in [-0.1, -0.05) is 6.08 Å².